The molecule has 1 atom stereocenters. The summed E-state index contributed by atoms with van der Waals surface area (Å²) in [7, 11) is 0. The van der Waals surface area contributed by atoms with Crippen molar-refractivity contribution >= 4 is 23.2 Å². The minimum absolute atomic E-state index is 0.212. The van der Waals surface area contributed by atoms with Crippen molar-refractivity contribution in [3.05, 3.63) is 0 Å². The molecule has 0 spiro atoms. The summed E-state index contributed by atoms with van der Waals surface area (Å²) >= 11 is 4.54. The van der Waals surface area contributed by atoms with Crippen molar-refractivity contribution in [2.45, 2.75) is 76.7 Å². The molecular weight excluding hydrogens is 264 g/mol. The van der Waals surface area contributed by atoms with E-state index in [9.17, 15) is 15.0 Å². The van der Waals surface area contributed by atoms with E-state index in [4.69, 9.17) is 5.11 Å². The summed E-state index contributed by atoms with van der Waals surface area (Å²) in [5, 5.41) is 27.3. The molecule has 0 radical (unpaired) electrons. The number of thiocarbonyl (C=S) groups is 1. The predicted molar refractivity (Wildman–Crippen MR) is 79.7 cm³/mol. The van der Waals surface area contributed by atoms with Crippen LogP contribution < -0.4 is 0 Å². The highest BCUT2D eigenvalue weighted by atomic mass is 32.1. The van der Waals surface area contributed by atoms with Crippen LogP contribution in [0.2, 0.25) is 0 Å². The standard InChI is InChI=1S/C14H26O4S/c1-2-3-4-5-6-7-8-9-10-14(18,13(17)19)11-12(15)16/h18H,2-11H2,1H3,(H,15,16)(H,17,19). The fourth-order valence-corrected chi connectivity index (χ4v) is 2.25. The molecule has 0 amide bonds. The van der Waals surface area contributed by atoms with Gasteiger partial charge in [-0.25, -0.2) is 0 Å². The van der Waals surface area contributed by atoms with Gasteiger partial charge in [-0.1, -0.05) is 58.3 Å². The molecule has 0 bridgehead atoms. The van der Waals surface area contributed by atoms with Crippen molar-refractivity contribution in [3.8, 4) is 0 Å². The van der Waals surface area contributed by atoms with Crippen molar-refractivity contribution in [1.29, 1.82) is 0 Å². The topological polar surface area (TPSA) is 77.8 Å². The van der Waals surface area contributed by atoms with Gasteiger partial charge < -0.3 is 15.3 Å². The van der Waals surface area contributed by atoms with Gasteiger partial charge >= 0.3 is 5.97 Å². The minimum atomic E-state index is -1.75. The average molecular weight is 290 g/mol. The average Bonchev–Trinajstić information content (AvgIpc) is 2.31. The molecular formula is C14H26O4S. The van der Waals surface area contributed by atoms with Crippen molar-refractivity contribution in [2.75, 3.05) is 0 Å². The maximum absolute atomic E-state index is 10.6. The van der Waals surface area contributed by atoms with E-state index in [0.717, 1.165) is 12.8 Å². The first-order valence-electron chi connectivity index (χ1n) is 7.10. The van der Waals surface area contributed by atoms with E-state index in [0.29, 0.717) is 6.42 Å². The van der Waals surface area contributed by atoms with Gasteiger partial charge in [0.15, 0.2) is 5.05 Å². The summed E-state index contributed by atoms with van der Waals surface area (Å²) in [5.41, 5.74) is -1.75. The van der Waals surface area contributed by atoms with Crippen molar-refractivity contribution in [2.24, 2.45) is 0 Å². The molecule has 0 saturated heterocycles. The lowest BCUT2D eigenvalue weighted by molar-refractivity contribution is -0.140. The van der Waals surface area contributed by atoms with Gasteiger partial charge in [-0.2, -0.15) is 0 Å². The monoisotopic (exact) mass is 290 g/mol. The second-order valence-electron chi connectivity index (χ2n) is 5.13. The third kappa shape index (κ3) is 8.94. The SMILES string of the molecule is CCCCCCCCCCC(O)(CC(=O)O)C(O)=S. The molecule has 4 nitrogen and oxygen atoms in total. The van der Waals surface area contributed by atoms with Gasteiger partial charge in [0.25, 0.3) is 0 Å². The first kappa shape index (κ1) is 18.3. The lowest BCUT2D eigenvalue weighted by Crippen LogP contribution is -2.39. The molecule has 19 heavy (non-hydrogen) atoms. The molecule has 0 aliphatic heterocycles. The number of unbranched alkanes of at least 4 members (excludes halogenated alkanes) is 7. The van der Waals surface area contributed by atoms with Crippen LogP contribution in [0, 0.1) is 0 Å². The highest BCUT2D eigenvalue weighted by molar-refractivity contribution is 7.80. The number of carboxylic acid groups (broad SMARTS) is 1. The number of aliphatic hydroxyl groups is 2. The Labute approximate surface area is 120 Å². The van der Waals surface area contributed by atoms with Crippen molar-refractivity contribution in [1.82, 2.24) is 0 Å². The maximum atomic E-state index is 10.6. The number of hydrogen-bond donors (Lipinski definition) is 3. The highest BCUT2D eigenvalue weighted by Gasteiger charge is 2.34. The number of aliphatic hydroxyl groups excluding tert-OH is 1. The van der Waals surface area contributed by atoms with Crippen LogP contribution in [0.4, 0.5) is 0 Å². The molecule has 0 heterocycles. The largest absolute Gasteiger partial charge is 0.500 e. The highest BCUT2D eigenvalue weighted by Crippen LogP contribution is 2.21. The molecule has 5 heteroatoms. The van der Waals surface area contributed by atoms with Crippen LogP contribution in [-0.4, -0.2) is 31.9 Å². The Kier molecular flexibility index (Phi) is 9.79. The van der Waals surface area contributed by atoms with Crippen LogP contribution in [0.5, 0.6) is 0 Å². The number of carbonyl (C=O) groups is 1. The van der Waals surface area contributed by atoms with Crippen LogP contribution in [-0.2, 0) is 4.79 Å². The lowest BCUT2D eigenvalue weighted by Gasteiger charge is -2.23. The molecule has 0 aromatic heterocycles. The van der Waals surface area contributed by atoms with E-state index in [1.807, 2.05) is 0 Å². The smallest absolute Gasteiger partial charge is 0.306 e. The zero-order chi connectivity index (χ0) is 14.7. The Balaban J connectivity index is 3.77. The third-order valence-electron chi connectivity index (χ3n) is 3.29. The summed E-state index contributed by atoms with van der Waals surface area (Å²) in [5.74, 6) is -1.15. The number of hydrogen-bond acceptors (Lipinski definition) is 3. The van der Waals surface area contributed by atoms with Gasteiger partial charge in [-0.05, 0) is 18.6 Å². The van der Waals surface area contributed by atoms with Crippen molar-refractivity contribution < 1.29 is 20.1 Å². The van der Waals surface area contributed by atoms with Gasteiger partial charge in [0, 0.05) is 0 Å². The Morgan fingerprint density at radius 2 is 1.47 bits per heavy atom. The van der Waals surface area contributed by atoms with Gasteiger partial charge in [-0.15, -0.1) is 0 Å². The van der Waals surface area contributed by atoms with Crippen LogP contribution in [0.25, 0.3) is 0 Å². The molecule has 0 rings (SSSR count). The summed E-state index contributed by atoms with van der Waals surface area (Å²) in [6, 6.07) is 0. The third-order valence-corrected chi connectivity index (χ3v) is 3.67. The molecule has 1 unspecified atom stereocenters. The van der Waals surface area contributed by atoms with E-state index < -0.39 is 23.0 Å². The Morgan fingerprint density at radius 1 is 1.00 bits per heavy atom. The zero-order valence-electron chi connectivity index (χ0n) is 11.7. The van der Waals surface area contributed by atoms with Crippen molar-refractivity contribution in [3.63, 3.8) is 0 Å². The van der Waals surface area contributed by atoms with Gasteiger partial charge in [0.2, 0.25) is 0 Å². The maximum Gasteiger partial charge on any atom is 0.306 e. The molecule has 0 fully saturated rings. The zero-order valence-corrected chi connectivity index (χ0v) is 12.5. The Hall–Kier alpha value is -0.680. The molecule has 0 aromatic rings. The second-order valence-corrected chi connectivity index (χ2v) is 5.52. The summed E-state index contributed by atoms with van der Waals surface area (Å²) in [4.78, 5) is 10.6. The Bertz CT molecular complexity index is 281. The first-order valence-corrected chi connectivity index (χ1v) is 7.51. The number of carboxylic acids is 1. The molecule has 112 valence electrons. The minimum Gasteiger partial charge on any atom is -0.500 e. The fourth-order valence-electron chi connectivity index (χ4n) is 2.07. The normalized spacial score (nSPS) is 14.0. The molecule has 0 aromatic carbocycles. The van der Waals surface area contributed by atoms with Gasteiger partial charge in [0.1, 0.15) is 5.60 Å². The van der Waals surface area contributed by atoms with Gasteiger partial charge in [-0.3, -0.25) is 4.79 Å². The fraction of sp³-hybridized carbons (Fsp3) is 0.857. The van der Waals surface area contributed by atoms with Crippen LogP contribution in [0.3, 0.4) is 0 Å². The van der Waals surface area contributed by atoms with E-state index in [1.54, 1.807) is 0 Å². The number of aliphatic carboxylic acids is 1. The number of rotatable bonds is 12. The summed E-state index contributed by atoms with van der Waals surface area (Å²) in [6.45, 7) is 2.18. The van der Waals surface area contributed by atoms with E-state index in [2.05, 4.69) is 19.1 Å². The van der Waals surface area contributed by atoms with E-state index in [-0.39, 0.29) is 6.42 Å². The van der Waals surface area contributed by atoms with E-state index in [1.165, 1.54) is 32.1 Å². The molecule has 0 saturated carbocycles. The van der Waals surface area contributed by atoms with Crippen LogP contribution in [0.1, 0.15) is 71.1 Å². The second kappa shape index (κ2) is 10.1. The van der Waals surface area contributed by atoms with Crippen LogP contribution in [0.15, 0.2) is 0 Å². The first-order chi connectivity index (χ1) is 8.92. The van der Waals surface area contributed by atoms with Crippen LogP contribution >= 0.6 is 12.2 Å². The summed E-state index contributed by atoms with van der Waals surface area (Å²) < 4.78 is 0. The van der Waals surface area contributed by atoms with Gasteiger partial charge in [0.05, 0.1) is 6.42 Å². The van der Waals surface area contributed by atoms with E-state index >= 15 is 0 Å². The molecule has 0 aliphatic rings. The summed E-state index contributed by atoms with van der Waals surface area (Å²) in [6.07, 6.45) is 8.53. The molecule has 0 aliphatic carbocycles. The quantitative estimate of drug-likeness (QED) is 0.378. The lowest BCUT2D eigenvalue weighted by atomic mass is 9.93. The predicted octanol–water partition coefficient (Wildman–Crippen LogP) is 3.61. The molecule has 3 N–H and O–H groups in total. The Morgan fingerprint density at radius 3 is 1.89 bits per heavy atom.